The highest BCUT2D eigenvalue weighted by molar-refractivity contribution is 6.42. The molecule has 2 rings (SSSR count). The molecule has 0 aliphatic heterocycles. The summed E-state index contributed by atoms with van der Waals surface area (Å²) in [6.07, 6.45) is 1.48. The van der Waals surface area contributed by atoms with Crippen molar-refractivity contribution < 1.29 is 9.53 Å². The molecule has 0 atom stereocenters. The summed E-state index contributed by atoms with van der Waals surface area (Å²) in [5.41, 5.74) is 4.18. The molecule has 22 heavy (non-hydrogen) atoms. The summed E-state index contributed by atoms with van der Waals surface area (Å²) < 4.78 is 5.36. The normalized spacial score (nSPS) is 10.7. The van der Waals surface area contributed by atoms with Crippen LogP contribution < -0.4 is 10.2 Å². The van der Waals surface area contributed by atoms with Crippen LogP contribution in [-0.4, -0.2) is 18.7 Å². The molecule has 1 N–H and O–H groups in total. The van der Waals surface area contributed by atoms with Crippen molar-refractivity contribution >= 4 is 35.3 Å². The summed E-state index contributed by atoms with van der Waals surface area (Å²) in [7, 11) is 0. The van der Waals surface area contributed by atoms with Crippen molar-refractivity contribution in [2.45, 2.75) is 6.92 Å². The zero-order valence-corrected chi connectivity index (χ0v) is 13.4. The Kier molecular flexibility index (Phi) is 5.81. The smallest absolute Gasteiger partial charge is 0.277 e. The van der Waals surface area contributed by atoms with Crippen molar-refractivity contribution in [3.63, 3.8) is 0 Å². The number of carbonyl (C=O) groups is 1. The molecule has 4 nitrogen and oxygen atoms in total. The number of hydrazone groups is 1. The van der Waals surface area contributed by atoms with Crippen molar-refractivity contribution in [1.82, 2.24) is 5.43 Å². The number of amides is 1. The van der Waals surface area contributed by atoms with E-state index in [2.05, 4.69) is 10.5 Å². The fraction of sp³-hybridized carbons (Fsp3) is 0.125. The lowest BCUT2D eigenvalue weighted by Crippen LogP contribution is -2.24. The molecule has 0 spiro atoms. The third-order valence-corrected chi connectivity index (χ3v) is 3.45. The topological polar surface area (TPSA) is 50.7 Å². The second-order valence-corrected chi connectivity index (χ2v) is 5.39. The van der Waals surface area contributed by atoms with Crippen LogP contribution in [0.15, 0.2) is 47.6 Å². The van der Waals surface area contributed by atoms with E-state index in [9.17, 15) is 4.79 Å². The van der Waals surface area contributed by atoms with E-state index in [0.29, 0.717) is 15.8 Å². The van der Waals surface area contributed by atoms with Crippen molar-refractivity contribution in [1.29, 1.82) is 0 Å². The SMILES string of the molecule is Cc1cccc(OCC(=O)N/N=C\c2ccc(Cl)c(Cl)c2)c1. The fourth-order valence-electron chi connectivity index (χ4n) is 1.66. The van der Waals surface area contributed by atoms with Gasteiger partial charge >= 0.3 is 0 Å². The minimum absolute atomic E-state index is 0.109. The third kappa shape index (κ3) is 5.06. The number of nitrogens with one attached hydrogen (secondary N) is 1. The van der Waals surface area contributed by atoms with Gasteiger partial charge in [0, 0.05) is 0 Å². The lowest BCUT2D eigenvalue weighted by Gasteiger charge is -2.05. The summed E-state index contributed by atoms with van der Waals surface area (Å²) in [5.74, 6) is 0.293. The highest BCUT2D eigenvalue weighted by Gasteiger charge is 2.02. The van der Waals surface area contributed by atoms with Crippen molar-refractivity contribution in [3.8, 4) is 5.75 Å². The van der Waals surface area contributed by atoms with Gasteiger partial charge in [-0.2, -0.15) is 5.10 Å². The predicted molar refractivity (Wildman–Crippen MR) is 88.9 cm³/mol. The largest absolute Gasteiger partial charge is 0.484 e. The molecule has 1 amide bonds. The van der Waals surface area contributed by atoms with E-state index < -0.39 is 0 Å². The van der Waals surface area contributed by atoms with Crippen LogP contribution in [0.1, 0.15) is 11.1 Å². The number of hydrogen-bond acceptors (Lipinski definition) is 3. The summed E-state index contributed by atoms with van der Waals surface area (Å²) >= 11 is 11.7. The van der Waals surface area contributed by atoms with E-state index in [0.717, 1.165) is 11.1 Å². The molecule has 0 aliphatic carbocycles. The molecule has 2 aromatic rings. The van der Waals surface area contributed by atoms with Gasteiger partial charge in [-0.05, 0) is 42.3 Å². The minimum atomic E-state index is -0.349. The van der Waals surface area contributed by atoms with Crippen LogP contribution in [0.3, 0.4) is 0 Å². The van der Waals surface area contributed by atoms with Gasteiger partial charge in [-0.25, -0.2) is 5.43 Å². The Labute approximate surface area is 138 Å². The van der Waals surface area contributed by atoms with E-state index in [1.165, 1.54) is 6.21 Å². The van der Waals surface area contributed by atoms with Crippen molar-refractivity contribution in [3.05, 3.63) is 63.6 Å². The Morgan fingerprint density at radius 3 is 2.77 bits per heavy atom. The Bertz CT molecular complexity index is 702. The Morgan fingerprint density at radius 2 is 2.05 bits per heavy atom. The lowest BCUT2D eigenvalue weighted by atomic mass is 10.2. The summed E-state index contributed by atoms with van der Waals surface area (Å²) in [6, 6.07) is 12.5. The maximum absolute atomic E-state index is 11.6. The molecular formula is C16H14Cl2N2O2. The fourth-order valence-corrected chi connectivity index (χ4v) is 1.96. The summed E-state index contributed by atoms with van der Waals surface area (Å²) in [4.78, 5) is 11.6. The van der Waals surface area contributed by atoms with Crippen LogP contribution in [0.5, 0.6) is 5.75 Å². The van der Waals surface area contributed by atoms with Gasteiger partial charge in [0.1, 0.15) is 5.75 Å². The predicted octanol–water partition coefficient (Wildman–Crippen LogP) is 3.83. The maximum atomic E-state index is 11.6. The van der Waals surface area contributed by atoms with E-state index in [1.807, 2.05) is 25.1 Å². The first kappa shape index (κ1) is 16.3. The number of carbonyl (C=O) groups excluding carboxylic acids is 1. The van der Waals surface area contributed by atoms with Gasteiger partial charge in [0.25, 0.3) is 5.91 Å². The van der Waals surface area contributed by atoms with Gasteiger partial charge in [0.05, 0.1) is 16.3 Å². The number of rotatable bonds is 5. The number of ether oxygens (including phenoxy) is 1. The molecule has 0 aliphatic rings. The summed E-state index contributed by atoms with van der Waals surface area (Å²) in [5, 5.41) is 4.73. The molecular weight excluding hydrogens is 323 g/mol. The Hall–Kier alpha value is -2.04. The maximum Gasteiger partial charge on any atom is 0.277 e. The first-order valence-electron chi connectivity index (χ1n) is 6.51. The minimum Gasteiger partial charge on any atom is -0.484 e. The molecule has 6 heteroatoms. The standard InChI is InChI=1S/C16H14Cl2N2O2/c1-11-3-2-4-13(7-11)22-10-16(21)20-19-9-12-5-6-14(17)15(18)8-12/h2-9H,10H2,1H3,(H,20,21)/b19-9-. The molecule has 0 bridgehead atoms. The Morgan fingerprint density at radius 1 is 1.23 bits per heavy atom. The molecule has 0 saturated heterocycles. The van der Waals surface area contributed by atoms with Crippen LogP contribution in [0.2, 0.25) is 10.0 Å². The highest BCUT2D eigenvalue weighted by Crippen LogP contribution is 2.21. The average Bonchev–Trinajstić information content (AvgIpc) is 2.49. The van der Waals surface area contributed by atoms with E-state index in [1.54, 1.807) is 24.3 Å². The molecule has 0 fully saturated rings. The van der Waals surface area contributed by atoms with Crippen LogP contribution in [-0.2, 0) is 4.79 Å². The number of aryl methyl sites for hydroxylation is 1. The second-order valence-electron chi connectivity index (χ2n) is 4.57. The first-order chi connectivity index (χ1) is 10.5. The monoisotopic (exact) mass is 336 g/mol. The average molecular weight is 337 g/mol. The molecule has 0 saturated carbocycles. The van der Waals surface area contributed by atoms with Gasteiger partial charge < -0.3 is 4.74 Å². The van der Waals surface area contributed by atoms with Gasteiger partial charge in [0.15, 0.2) is 6.61 Å². The Balaban J connectivity index is 1.82. The van der Waals surface area contributed by atoms with E-state index >= 15 is 0 Å². The zero-order valence-electron chi connectivity index (χ0n) is 11.8. The van der Waals surface area contributed by atoms with Crippen molar-refractivity contribution in [2.75, 3.05) is 6.61 Å². The quantitative estimate of drug-likeness (QED) is 0.666. The number of nitrogens with zero attached hydrogens (tertiary/aromatic N) is 1. The number of hydrogen-bond donors (Lipinski definition) is 1. The van der Waals surface area contributed by atoms with Crippen LogP contribution >= 0.6 is 23.2 Å². The van der Waals surface area contributed by atoms with Gasteiger partial charge in [-0.15, -0.1) is 0 Å². The van der Waals surface area contributed by atoms with Crippen LogP contribution in [0.25, 0.3) is 0 Å². The van der Waals surface area contributed by atoms with Crippen LogP contribution in [0.4, 0.5) is 0 Å². The summed E-state index contributed by atoms with van der Waals surface area (Å²) in [6.45, 7) is 1.84. The molecule has 0 unspecified atom stereocenters. The second kappa shape index (κ2) is 7.82. The number of benzene rings is 2. The molecule has 2 aromatic carbocycles. The molecule has 114 valence electrons. The van der Waals surface area contributed by atoms with Gasteiger partial charge in [-0.3, -0.25) is 4.79 Å². The molecule has 0 aromatic heterocycles. The van der Waals surface area contributed by atoms with Gasteiger partial charge in [-0.1, -0.05) is 41.4 Å². The van der Waals surface area contributed by atoms with E-state index in [-0.39, 0.29) is 12.5 Å². The molecule has 0 heterocycles. The van der Waals surface area contributed by atoms with Gasteiger partial charge in [0.2, 0.25) is 0 Å². The molecule has 0 radical (unpaired) electrons. The number of halogens is 2. The third-order valence-electron chi connectivity index (χ3n) is 2.71. The van der Waals surface area contributed by atoms with Crippen molar-refractivity contribution in [2.24, 2.45) is 5.10 Å². The lowest BCUT2D eigenvalue weighted by molar-refractivity contribution is -0.123. The van der Waals surface area contributed by atoms with Crippen LogP contribution in [0, 0.1) is 6.92 Å². The van der Waals surface area contributed by atoms with E-state index in [4.69, 9.17) is 27.9 Å². The highest BCUT2D eigenvalue weighted by atomic mass is 35.5. The first-order valence-corrected chi connectivity index (χ1v) is 7.26. The zero-order chi connectivity index (χ0) is 15.9.